The van der Waals surface area contributed by atoms with Crippen molar-refractivity contribution >= 4 is 46.4 Å². The Bertz CT molecular complexity index is 1150. The van der Waals surface area contributed by atoms with Crippen molar-refractivity contribution in [3.05, 3.63) is 69.5 Å². The maximum atomic E-state index is 13.1. The predicted octanol–water partition coefficient (Wildman–Crippen LogP) is 4.80. The van der Waals surface area contributed by atoms with Crippen LogP contribution in [0.3, 0.4) is 0 Å². The molecule has 2 N–H and O–H groups in total. The highest BCUT2D eigenvalue weighted by molar-refractivity contribution is 6.42. The van der Waals surface area contributed by atoms with Crippen LogP contribution in [0.5, 0.6) is 0 Å². The van der Waals surface area contributed by atoms with Gasteiger partial charge in [0, 0.05) is 5.69 Å². The molecule has 2 amide bonds. The van der Waals surface area contributed by atoms with Crippen LogP contribution in [0.2, 0.25) is 10.0 Å². The molecule has 7 nitrogen and oxygen atoms in total. The molecule has 0 aliphatic carbocycles. The number of alkyl halides is 3. The van der Waals surface area contributed by atoms with E-state index in [4.69, 9.17) is 23.2 Å². The minimum Gasteiger partial charge on any atom is -0.324 e. The first-order chi connectivity index (χ1) is 14.6. The van der Waals surface area contributed by atoms with Crippen LogP contribution in [-0.2, 0) is 17.5 Å². The van der Waals surface area contributed by atoms with Crippen molar-refractivity contribution in [2.75, 3.05) is 10.6 Å². The van der Waals surface area contributed by atoms with Crippen LogP contribution in [0.4, 0.5) is 24.5 Å². The standard InChI is InChI=1S/C19H14Cl2F3N5O2/c1-10-17(18(31)25-11-6-7-13(20)14(21)8-11)27-28-29(10)9-16(30)26-15-5-3-2-4-12(15)19(22,23)24/h2-8H,9H2,1H3,(H,25,31)(H,26,30). The van der Waals surface area contributed by atoms with Crippen LogP contribution in [0.25, 0.3) is 0 Å². The molecule has 1 aromatic heterocycles. The van der Waals surface area contributed by atoms with Gasteiger partial charge < -0.3 is 10.6 Å². The van der Waals surface area contributed by atoms with Gasteiger partial charge in [-0.15, -0.1) is 5.10 Å². The van der Waals surface area contributed by atoms with Gasteiger partial charge in [0.1, 0.15) is 6.54 Å². The highest BCUT2D eigenvalue weighted by atomic mass is 35.5. The molecular weight excluding hydrogens is 458 g/mol. The molecule has 0 bridgehead atoms. The molecule has 0 radical (unpaired) electrons. The smallest absolute Gasteiger partial charge is 0.324 e. The third-order valence-corrected chi connectivity index (χ3v) is 4.91. The van der Waals surface area contributed by atoms with Crippen molar-refractivity contribution in [3.63, 3.8) is 0 Å². The average molecular weight is 472 g/mol. The fourth-order valence-electron chi connectivity index (χ4n) is 2.65. The Morgan fingerprint density at radius 1 is 1.06 bits per heavy atom. The fraction of sp³-hybridized carbons (Fsp3) is 0.158. The van der Waals surface area contributed by atoms with E-state index in [1.165, 1.54) is 37.3 Å². The summed E-state index contributed by atoms with van der Waals surface area (Å²) in [6.07, 6.45) is -4.62. The van der Waals surface area contributed by atoms with Gasteiger partial charge in [-0.1, -0.05) is 40.5 Å². The summed E-state index contributed by atoms with van der Waals surface area (Å²) >= 11 is 11.7. The minimum absolute atomic E-state index is 0.0606. The van der Waals surface area contributed by atoms with Crippen LogP contribution >= 0.6 is 23.2 Å². The summed E-state index contributed by atoms with van der Waals surface area (Å²) in [7, 11) is 0. The second-order valence-electron chi connectivity index (χ2n) is 6.36. The molecule has 0 spiro atoms. The Morgan fingerprint density at radius 3 is 2.45 bits per heavy atom. The molecular formula is C19H14Cl2F3N5O2. The molecule has 0 aliphatic heterocycles. The van der Waals surface area contributed by atoms with E-state index in [2.05, 4.69) is 20.9 Å². The number of para-hydroxylation sites is 1. The fourth-order valence-corrected chi connectivity index (χ4v) is 2.95. The normalized spacial score (nSPS) is 11.3. The monoisotopic (exact) mass is 471 g/mol. The SMILES string of the molecule is Cc1c(C(=O)Nc2ccc(Cl)c(Cl)c2)nnn1CC(=O)Nc1ccccc1C(F)(F)F. The Kier molecular flexibility index (Phi) is 6.51. The van der Waals surface area contributed by atoms with E-state index in [1.54, 1.807) is 0 Å². The van der Waals surface area contributed by atoms with E-state index < -0.39 is 30.1 Å². The molecule has 2 aromatic carbocycles. The largest absolute Gasteiger partial charge is 0.418 e. The Hall–Kier alpha value is -3.11. The van der Waals surface area contributed by atoms with Gasteiger partial charge in [0.05, 0.1) is 27.0 Å². The van der Waals surface area contributed by atoms with E-state index >= 15 is 0 Å². The first kappa shape index (κ1) is 22.6. The second kappa shape index (κ2) is 8.94. The van der Waals surface area contributed by atoms with Gasteiger partial charge in [-0.25, -0.2) is 4.68 Å². The number of aromatic nitrogens is 3. The van der Waals surface area contributed by atoms with Crippen molar-refractivity contribution < 1.29 is 22.8 Å². The van der Waals surface area contributed by atoms with Crippen molar-refractivity contribution in [2.24, 2.45) is 0 Å². The number of nitrogens with zero attached hydrogens (tertiary/aromatic N) is 3. The maximum Gasteiger partial charge on any atom is 0.418 e. The van der Waals surface area contributed by atoms with E-state index in [0.717, 1.165) is 16.8 Å². The summed E-state index contributed by atoms with van der Waals surface area (Å²) in [6, 6.07) is 9.10. The molecule has 0 saturated heterocycles. The molecule has 3 rings (SSSR count). The number of amides is 2. The summed E-state index contributed by atoms with van der Waals surface area (Å²) in [5.74, 6) is -1.37. The van der Waals surface area contributed by atoms with Gasteiger partial charge in [0.2, 0.25) is 5.91 Å². The molecule has 0 fully saturated rings. The number of anilines is 2. The molecule has 12 heteroatoms. The summed E-state index contributed by atoms with van der Waals surface area (Å²) in [6.45, 7) is 1.06. The average Bonchev–Trinajstić information content (AvgIpc) is 3.04. The zero-order chi connectivity index (χ0) is 22.8. The lowest BCUT2D eigenvalue weighted by Gasteiger charge is -2.13. The Balaban J connectivity index is 1.71. The van der Waals surface area contributed by atoms with Crippen LogP contribution < -0.4 is 10.6 Å². The topological polar surface area (TPSA) is 88.9 Å². The maximum absolute atomic E-state index is 13.1. The van der Waals surface area contributed by atoms with Crippen LogP contribution in [0.1, 0.15) is 21.7 Å². The summed E-state index contributed by atoms with van der Waals surface area (Å²) in [4.78, 5) is 24.7. The van der Waals surface area contributed by atoms with Crippen molar-refractivity contribution in [2.45, 2.75) is 19.6 Å². The second-order valence-corrected chi connectivity index (χ2v) is 7.17. The third kappa shape index (κ3) is 5.33. The highest BCUT2D eigenvalue weighted by Crippen LogP contribution is 2.34. The molecule has 0 unspecified atom stereocenters. The molecule has 162 valence electrons. The van der Waals surface area contributed by atoms with E-state index in [-0.39, 0.29) is 22.1 Å². The lowest BCUT2D eigenvalue weighted by molar-refractivity contribution is -0.137. The summed E-state index contributed by atoms with van der Waals surface area (Å²) < 4.78 is 40.3. The van der Waals surface area contributed by atoms with Gasteiger partial charge in [-0.05, 0) is 37.3 Å². The number of hydrogen-bond acceptors (Lipinski definition) is 4. The van der Waals surface area contributed by atoms with Gasteiger partial charge in [-0.3, -0.25) is 9.59 Å². The zero-order valence-electron chi connectivity index (χ0n) is 15.8. The molecule has 1 heterocycles. The van der Waals surface area contributed by atoms with Crippen LogP contribution in [-0.4, -0.2) is 26.8 Å². The zero-order valence-corrected chi connectivity index (χ0v) is 17.3. The Labute approximate surface area is 184 Å². The van der Waals surface area contributed by atoms with Crippen LogP contribution in [0.15, 0.2) is 42.5 Å². The highest BCUT2D eigenvalue weighted by Gasteiger charge is 2.33. The number of nitrogens with one attached hydrogen (secondary N) is 2. The third-order valence-electron chi connectivity index (χ3n) is 4.18. The van der Waals surface area contributed by atoms with Gasteiger partial charge >= 0.3 is 6.18 Å². The summed E-state index contributed by atoms with van der Waals surface area (Å²) in [5, 5.41) is 12.8. The quantitative estimate of drug-likeness (QED) is 0.559. The van der Waals surface area contributed by atoms with Gasteiger partial charge in [0.15, 0.2) is 5.69 Å². The van der Waals surface area contributed by atoms with Crippen LogP contribution in [0, 0.1) is 6.92 Å². The minimum atomic E-state index is -4.62. The van der Waals surface area contributed by atoms with E-state index in [9.17, 15) is 22.8 Å². The molecule has 3 aromatic rings. The molecule has 0 aliphatic rings. The molecule has 0 atom stereocenters. The van der Waals surface area contributed by atoms with E-state index in [1.807, 2.05) is 0 Å². The lowest BCUT2D eigenvalue weighted by atomic mass is 10.1. The number of carbonyl (C=O) groups excluding carboxylic acids is 2. The predicted molar refractivity (Wildman–Crippen MR) is 109 cm³/mol. The van der Waals surface area contributed by atoms with Gasteiger partial charge in [0.25, 0.3) is 5.91 Å². The van der Waals surface area contributed by atoms with Crippen molar-refractivity contribution in [3.8, 4) is 0 Å². The van der Waals surface area contributed by atoms with Crippen molar-refractivity contribution in [1.29, 1.82) is 0 Å². The van der Waals surface area contributed by atoms with Crippen molar-refractivity contribution in [1.82, 2.24) is 15.0 Å². The first-order valence-corrected chi connectivity index (χ1v) is 9.44. The number of rotatable bonds is 5. The number of carbonyl (C=O) groups is 2. The lowest BCUT2D eigenvalue weighted by Crippen LogP contribution is -2.22. The summed E-state index contributed by atoms with van der Waals surface area (Å²) in [5.41, 5.74) is -0.795. The molecule has 0 saturated carbocycles. The van der Waals surface area contributed by atoms with Gasteiger partial charge in [-0.2, -0.15) is 13.2 Å². The van der Waals surface area contributed by atoms with E-state index in [0.29, 0.717) is 10.7 Å². The molecule has 31 heavy (non-hydrogen) atoms. The first-order valence-electron chi connectivity index (χ1n) is 8.69. The number of halogens is 5. The number of hydrogen-bond donors (Lipinski definition) is 2. The Morgan fingerprint density at radius 2 is 1.77 bits per heavy atom. The number of benzene rings is 2.